The number of anilines is 1. The number of aryl methyl sites for hydroxylation is 1. The Balaban J connectivity index is 2.00. The number of amides is 1. The van der Waals surface area contributed by atoms with E-state index >= 15 is 0 Å². The Labute approximate surface area is 141 Å². The van der Waals surface area contributed by atoms with Crippen molar-refractivity contribution in [2.45, 2.75) is 20.4 Å². The molecule has 0 radical (unpaired) electrons. The highest BCUT2D eigenvalue weighted by Crippen LogP contribution is 2.24. The first kappa shape index (κ1) is 17.6. The van der Waals surface area contributed by atoms with Crippen LogP contribution in [0.3, 0.4) is 0 Å². The highest BCUT2D eigenvalue weighted by Gasteiger charge is 2.15. The monoisotopic (exact) mass is 327 g/mol. The SMILES string of the molecule is Cc1ccccc1CN(C)CC(=O)Nc1cccc([N+](=O)[O-])c1C. The molecule has 0 aliphatic heterocycles. The van der Waals surface area contributed by atoms with Gasteiger partial charge in [0, 0.05) is 12.6 Å². The molecular formula is C18H21N3O3. The summed E-state index contributed by atoms with van der Waals surface area (Å²) in [6, 6.07) is 12.7. The lowest BCUT2D eigenvalue weighted by Gasteiger charge is -2.18. The van der Waals surface area contributed by atoms with Crippen molar-refractivity contribution in [2.75, 3.05) is 18.9 Å². The molecule has 0 unspecified atom stereocenters. The van der Waals surface area contributed by atoms with Crippen molar-refractivity contribution < 1.29 is 9.72 Å². The van der Waals surface area contributed by atoms with E-state index in [0.29, 0.717) is 17.8 Å². The fourth-order valence-corrected chi connectivity index (χ4v) is 2.53. The number of carbonyl (C=O) groups is 1. The first-order chi connectivity index (χ1) is 11.4. The minimum Gasteiger partial charge on any atom is -0.324 e. The maximum Gasteiger partial charge on any atom is 0.274 e. The number of hydrogen-bond acceptors (Lipinski definition) is 4. The molecule has 0 saturated heterocycles. The normalized spacial score (nSPS) is 10.7. The summed E-state index contributed by atoms with van der Waals surface area (Å²) in [6.45, 7) is 4.53. The van der Waals surface area contributed by atoms with Gasteiger partial charge in [-0.3, -0.25) is 19.8 Å². The largest absolute Gasteiger partial charge is 0.324 e. The van der Waals surface area contributed by atoms with Crippen LogP contribution in [0.5, 0.6) is 0 Å². The predicted octanol–water partition coefficient (Wildman–Crippen LogP) is 3.28. The number of likely N-dealkylation sites (N-methyl/N-ethyl adjacent to an activating group) is 1. The van der Waals surface area contributed by atoms with Crippen molar-refractivity contribution in [3.8, 4) is 0 Å². The topological polar surface area (TPSA) is 75.5 Å². The van der Waals surface area contributed by atoms with Crippen LogP contribution in [0.1, 0.15) is 16.7 Å². The van der Waals surface area contributed by atoms with E-state index < -0.39 is 4.92 Å². The number of nitro groups is 1. The van der Waals surface area contributed by atoms with E-state index in [1.165, 1.54) is 17.2 Å². The zero-order chi connectivity index (χ0) is 17.7. The standard InChI is InChI=1S/C18H21N3O3/c1-13-7-4-5-8-15(13)11-20(3)12-18(22)19-16-9-6-10-17(14(16)2)21(23)24/h4-10H,11-12H2,1-3H3,(H,19,22). The Bertz CT molecular complexity index is 759. The van der Waals surface area contributed by atoms with E-state index in [4.69, 9.17) is 0 Å². The molecule has 0 fully saturated rings. The van der Waals surface area contributed by atoms with Gasteiger partial charge in [-0.1, -0.05) is 30.3 Å². The van der Waals surface area contributed by atoms with Crippen molar-refractivity contribution in [3.63, 3.8) is 0 Å². The summed E-state index contributed by atoms with van der Waals surface area (Å²) in [5.74, 6) is -0.199. The number of hydrogen-bond donors (Lipinski definition) is 1. The molecule has 24 heavy (non-hydrogen) atoms. The third-order valence-corrected chi connectivity index (χ3v) is 3.89. The molecule has 6 heteroatoms. The lowest BCUT2D eigenvalue weighted by Crippen LogP contribution is -2.30. The molecule has 0 heterocycles. The van der Waals surface area contributed by atoms with E-state index in [0.717, 1.165) is 0 Å². The average molecular weight is 327 g/mol. The quantitative estimate of drug-likeness (QED) is 0.652. The molecule has 0 aromatic heterocycles. The first-order valence-electron chi connectivity index (χ1n) is 7.65. The Morgan fingerprint density at radius 2 is 1.88 bits per heavy atom. The number of rotatable bonds is 6. The minimum atomic E-state index is -0.449. The summed E-state index contributed by atoms with van der Waals surface area (Å²) < 4.78 is 0. The van der Waals surface area contributed by atoms with Crippen molar-refractivity contribution in [3.05, 3.63) is 69.3 Å². The highest BCUT2D eigenvalue weighted by molar-refractivity contribution is 5.93. The van der Waals surface area contributed by atoms with E-state index in [2.05, 4.69) is 5.32 Å². The van der Waals surface area contributed by atoms with Gasteiger partial charge in [0.1, 0.15) is 0 Å². The Morgan fingerprint density at radius 1 is 1.17 bits per heavy atom. The summed E-state index contributed by atoms with van der Waals surface area (Å²) in [5, 5.41) is 13.7. The van der Waals surface area contributed by atoms with Gasteiger partial charge in [0.2, 0.25) is 5.91 Å². The molecule has 6 nitrogen and oxygen atoms in total. The van der Waals surface area contributed by atoms with Gasteiger partial charge >= 0.3 is 0 Å². The van der Waals surface area contributed by atoms with Crippen LogP contribution in [0.15, 0.2) is 42.5 Å². The molecule has 2 aromatic carbocycles. The lowest BCUT2D eigenvalue weighted by atomic mass is 10.1. The lowest BCUT2D eigenvalue weighted by molar-refractivity contribution is -0.385. The molecule has 0 saturated carbocycles. The fourth-order valence-electron chi connectivity index (χ4n) is 2.53. The van der Waals surface area contributed by atoms with Crippen molar-refractivity contribution >= 4 is 17.3 Å². The van der Waals surface area contributed by atoms with Crippen LogP contribution in [0.25, 0.3) is 0 Å². The molecule has 0 bridgehead atoms. The van der Waals surface area contributed by atoms with E-state index in [1.807, 2.05) is 43.1 Å². The van der Waals surface area contributed by atoms with Gasteiger partial charge in [0.15, 0.2) is 0 Å². The third-order valence-electron chi connectivity index (χ3n) is 3.89. The molecule has 2 aromatic rings. The van der Waals surface area contributed by atoms with Crippen molar-refractivity contribution in [1.82, 2.24) is 4.90 Å². The molecule has 0 spiro atoms. The number of nitrogens with zero attached hydrogens (tertiary/aromatic N) is 2. The zero-order valence-corrected chi connectivity index (χ0v) is 14.1. The predicted molar refractivity (Wildman–Crippen MR) is 94.0 cm³/mol. The van der Waals surface area contributed by atoms with Gasteiger partial charge in [-0.25, -0.2) is 0 Å². The van der Waals surface area contributed by atoms with Gasteiger partial charge in [-0.15, -0.1) is 0 Å². The Morgan fingerprint density at radius 3 is 2.54 bits per heavy atom. The van der Waals surface area contributed by atoms with Crippen LogP contribution in [0.4, 0.5) is 11.4 Å². The summed E-state index contributed by atoms with van der Waals surface area (Å²) in [7, 11) is 1.87. The van der Waals surface area contributed by atoms with Crippen LogP contribution < -0.4 is 5.32 Å². The summed E-state index contributed by atoms with van der Waals surface area (Å²) in [6.07, 6.45) is 0. The van der Waals surface area contributed by atoms with Gasteiger partial charge in [0.25, 0.3) is 5.69 Å². The van der Waals surface area contributed by atoms with Gasteiger partial charge in [-0.2, -0.15) is 0 Å². The second kappa shape index (κ2) is 7.70. The molecule has 0 aliphatic carbocycles. The Kier molecular flexibility index (Phi) is 5.65. The van der Waals surface area contributed by atoms with Gasteiger partial charge in [-0.05, 0) is 38.1 Å². The fraction of sp³-hybridized carbons (Fsp3) is 0.278. The highest BCUT2D eigenvalue weighted by atomic mass is 16.6. The van der Waals surface area contributed by atoms with E-state index in [9.17, 15) is 14.9 Å². The second-order valence-corrected chi connectivity index (χ2v) is 5.85. The van der Waals surface area contributed by atoms with Crippen LogP contribution in [0, 0.1) is 24.0 Å². The maximum absolute atomic E-state index is 12.2. The molecule has 0 atom stereocenters. The average Bonchev–Trinajstić information content (AvgIpc) is 2.51. The van der Waals surface area contributed by atoms with Gasteiger partial charge in [0.05, 0.1) is 22.7 Å². The number of nitro benzene ring substituents is 1. The van der Waals surface area contributed by atoms with Crippen LogP contribution >= 0.6 is 0 Å². The number of benzene rings is 2. The molecule has 1 N–H and O–H groups in total. The molecular weight excluding hydrogens is 306 g/mol. The molecule has 0 aliphatic rings. The maximum atomic E-state index is 12.2. The number of carbonyl (C=O) groups excluding carboxylic acids is 1. The van der Waals surface area contributed by atoms with E-state index in [1.54, 1.807) is 19.1 Å². The van der Waals surface area contributed by atoms with Crippen LogP contribution in [-0.4, -0.2) is 29.3 Å². The van der Waals surface area contributed by atoms with Crippen molar-refractivity contribution in [2.24, 2.45) is 0 Å². The summed E-state index contributed by atoms with van der Waals surface area (Å²) >= 11 is 0. The van der Waals surface area contributed by atoms with Crippen LogP contribution in [0.2, 0.25) is 0 Å². The Hall–Kier alpha value is -2.73. The third kappa shape index (κ3) is 4.39. The minimum absolute atomic E-state index is 0.000986. The molecule has 126 valence electrons. The van der Waals surface area contributed by atoms with E-state index in [-0.39, 0.29) is 18.1 Å². The number of nitrogens with one attached hydrogen (secondary N) is 1. The summed E-state index contributed by atoms with van der Waals surface area (Å²) in [5.41, 5.74) is 3.27. The van der Waals surface area contributed by atoms with Crippen molar-refractivity contribution in [1.29, 1.82) is 0 Å². The zero-order valence-electron chi connectivity index (χ0n) is 14.1. The molecule has 1 amide bonds. The summed E-state index contributed by atoms with van der Waals surface area (Å²) in [4.78, 5) is 24.6. The van der Waals surface area contributed by atoms with Gasteiger partial charge < -0.3 is 5.32 Å². The second-order valence-electron chi connectivity index (χ2n) is 5.85. The van der Waals surface area contributed by atoms with Crippen LogP contribution in [-0.2, 0) is 11.3 Å². The first-order valence-corrected chi connectivity index (χ1v) is 7.65. The molecule has 2 rings (SSSR count). The smallest absolute Gasteiger partial charge is 0.274 e.